The van der Waals surface area contributed by atoms with Gasteiger partial charge in [0, 0.05) is 16.7 Å². The van der Waals surface area contributed by atoms with Gasteiger partial charge in [-0.25, -0.2) is 0 Å². The topological polar surface area (TPSA) is 77.3 Å². The average molecular weight is 425 g/mol. The predicted molar refractivity (Wildman–Crippen MR) is 87.0 cm³/mol. The minimum atomic E-state index is -0.622. The highest BCUT2D eigenvalue weighted by Gasteiger charge is 2.37. The Balaban J connectivity index is 2.38. The molecule has 3 rings (SSSR count). The smallest absolute Gasteiger partial charge is 0.286 e. The molecule has 0 saturated carbocycles. The van der Waals surface area contributed by atoms with Crippen LogP contribution < -0.4 is 0 Å². The number of carbonyl (C=O) groups excluding carboxylic acids is 2. The van der Waals surface area contributed by atoms with Crippen LogP contribution in [0.3, 0.4) is 0 Å². The third-order valence-electron chi connectivity index (χ3n) is 3.51. The predicted octanol–water partition coefficient (Wildman–Crippen LogP) is 4.16. The van der Waals surface area contributed by atoms with E-state index in [1.165, 1.54) is 18.2 Å². The maximum Gasteiger partial charge on any atom is 0.286 e. The number of ketones is 2. The molecule has 22 heavy (non-hydrogen) atoms. The molecule has 5 nitrogen and oxygen atoms in total. The lowest BCUT2D eigenvalue weighted by atomic mass is 9.82. The van der Waals surface area contributed by atoms with E-state index in [1.54, 1.807) is 18.2 Å². The number of hydrogen-bond acceptors (Lipinski definition) is 4. The minimum Gasteiger partial charge on any atom is -0.289 e. The fraction of sp³-hybridized carbons (Fsp3) is 0.0667. The number of benzene rings is 2. The van der Waals surface area contributed by atoms with Crippen molar-refractivity contribution in [1.29, 1.82) is 0 Å². The molecule has 7 heteroatoms. The summed E-state index contributed by atoms with van der Waals surface area (Å²) in [6.07, 6.45) is 0. The van der Waals surface area contributed by atoms with Crippen LogP contribution >= 0.6 is 31.9 Å². The number of hydrogen-bond donors (Lipinski definition) is 0. The van der Waals surface area contributed by atoms with Gasteiger partial charge in [0.15, 0.2) is 5.78 Å². The Hall–Kier alpha value is -1.86. The molecule has 0 spiro atoms. The molecule has 0 unspecified atom stereocenters. The van der Waals surface area contributed by atoms with Crippen LogP contribution in [0.2, 0.25) is 0 Å². The van der Waals surface area contributed by atoms with E-state index in [0.717, 1.165) is 0 Å². The van der Waals surface area contributed by atoms with Gasteiger partial charge in [-0.3, -0.25) is 19.7 Å². The van der Waals surface area contributed by atoms with Crippen molar-refractivity contribution in [3.05, 3.63) is 74.3 Å². The van der Waals surface area contributed by atoms with Gasteiger partial charge in [0.05, 0.1) is 10.5 Å². The zero-order valence-electron chi connectivity index (χ0n) is 10.9. The van der Waals surface area contributed by atoms with E-state index in [-0.39, 0.29) is 33.7 Å². The zero-order valence-corrected chi connectivity index (χ0v) is 14.0. The SMILES string of the molecule is O=C1c2ccccc2C(=O)c2c1ccc(C(Br)Br)c2[N+](=O)[O-]. The standard InChI is InChI=1S/C15H7Br2NO4/c16-15(17)10-6-5-9-11(12(10)18(21)22)14(20)8-4-2-1-3-7(8)13(9)19/h1-6,15H. The maximum atomic E-state index is 12.7. The van der Waals surface area contributed by atoms with Gasteiger partial charge in [-0.05, 0) is 12.1 Å². The third-order valence-corrected chi connectivity index (χ3v) is 4.50. The summed E-state index contributed by atoms with van der Waals surface area (Å²) >= 11 is 6.42. The Kier molecular flexibility index (Phi) is 3.70. The molecular formula is C15H7Br2NO4. The van der Waals surface area contributed by atoms with Gasteiger partial charge in [0.2, 0.25) is 5.78 Å². The summed E-state index contributed by atoms with van der Waals surface area (Å²) in [5, 5.41) is 11.5. The molecule has 0 fully saturated rings. The van der Waals surface area contributed by atoms with Gasteiger partial charge in [-0.15, -0.1) is 0 Å². The molecule has 0 atom stereocenters. The second-order valence-electron chi connectivity index (χ2n) is 4.69. The van der Waals surface area contributed by atoms with Crippen molar-refractivity contribution < 1.29 is 14.5 Å². The summed E-state index contributed by atoms with van der Waals surface area (Å²) in [6, 6.07) is 9.28. The highest BCUT2D eigenvalue weighted by Crippen LogP contribution is 2.41. The second-order valence-corrected chi connectivity index (χ2v) is 7.75. The van der Waals surface area contributed by atoms with E-state index in [9.17, 15) is 19.7 Å². The maximum absolute atomic E-state index is 12.7. The van der Waals surface area contributed by atoms with Crippen molar-refractivity contribution in [3.8, 4) is 0 Å². The number of rotatable bonds is 2. The summed E-state index contributed by atoms with van der Waals surface area (Å²) in [4.78, 5) is 36.0. The fourth-order valence-corrected chi connectivity index (χ4v) is 3.30. The second kappa shape index (κ2) is 5.40. The molecular weight excluding hydrogens is 418 g/mol. The van der Waals surface area contributed by atoms with E-state index in [4.69, 9.17) is 0 Å². The Labute approximate surface area is 141 Å². The van der Waals surface area contributed by atoms with Crippen LogP contribution in [0.25, 0.3) is 0 Å². The highest BCUT2D eigenvalue weighted by atomic mass is 79.9. The van der Waals surface area contributed by atoms with E-state index in [0.29, 0.717) is 5.56 Å². The Morgan fingerprint density at radius 2 is 1.50 bits per heavy atom. The molecule has 0 aliphatic heterocycles. The number of nitrogens with zero attached hydrogens (tertiary/aromatic N) is 1. The summed E-state index contributed by atoms with van der Waals surface area (Å²) in [5.41, 5.74) is 0.348. The zero-order chi connectivity index (χ0) is 16.0. The normalized spacial score (nSPS) is 13.0. The van der Waals surface area contributed by atoms with Gasteiger partial charge < -0.3 is 0 Å². The summed E-state index contributed by atoms with van der Waals surface area (Å²) in [6.45, 7) is 0. The molecule has 110 valence electrons. The fourth-order valence-electron chi connectivity index (χ4n) is 2.56. The minimum absolute atomic E-state index is 0.0693. The number of alkyl halides is 2. The molecule has 0 heterocycles. The van der Waals surface area contributed by atoms with Crippen LogP contribution in [0.15, 0.2) is 36.4 Å². The monoisotopic (exact) mass is 423 g/mol. The molecule has 0 radical (unpaired) electrons. The Morgan fingerprint density at radius 1 is 0.909 bits per heavy atom. The van der Waals surface area contributed by atoms with E-state index in [1.807, 2.05) is 0 Å². The number of nitro groups is 1. The van der Waals surface area contributed by atoms with Crippen LogP contribution in [-0.4, -0.2) is 16.5 Å². The summed E-state index contributed by atoms with van der Waals surface area (Å²) in [7, 11) is 0. The average Bonchev–Trinajstić information content (AvgIpc) is 2.51. The van der Waals surface area contributed by atoms with Crippen LogP contribution in [0.5, 0.6) is 0 Å². The molecule has 2 aromatic rings. The van der Waals surface area contributed by atoms with E-state index in [2.05, 4.69) is 31.9 Å². The van der Waals surface area contributed by atoms with E-state index >= 15 is 0 Å². The first-order valence-electron chi connectivity index (χ1n) is 6.21. The number of halogens is 2. The molecule has 0 aromatic heterocycles. The molecule has 0 N–H and O–H groups in total. The van der Waals surface area contributed by atoms with Crippen molar-refractivity contribution in [2.24, 2.45) is 0 Å². The Morgan fingerprint density at radius 3 is 2.05 bits per heavy atom. The quantitative estimate of drug-likeness (QED) is 0.351. The first-order chi connectivity index (χ1) is 10.4. The lowest BCUT2D eigenvalue weighted by Crippen LogP contribution is -2.22. The lowest BCUT2D eigenvalue weighted by molar-refractivity contribution is -0.385. The number of fused-ring (bicyclic) bond motifs is 2. The van der Waals surface area contributed by atoms with Gasteiger partial charge in [-0.2, -0.15) is 0 Å². The highest BCUT2D eigenvalue weighted by molar-refractivity contribution is 9.24. The lowest BCUT2D eigenvalue weighted by Gasteiger charge is -2.18. The van der Waals surface area contributed by atoms with Gasteiger partial charge >= 0.3 is 0 Å². The number of carbonyl (C=O) groups is 2. The van der Waals surface area contributed by atoms with Gasteiger partial charge in [0.1, 0.15) is 9.30 Å². The first kappa shape index (κ1) is 15.1. The van der Waals surface area contributed by atoms with Crippen molar-refractivity contribution in [2.75, 3.05) is 0 Å². The molecule has 0 bridgehead atoms. The van der Waals surface area contributed by atoms with Gasteiger partial charge in [0.25, 0.3) is 5.69 Å². The van der Waals surface area contributed by atoms with Crippen LogP contribution in [-0.2, 0) is 0 Å². The van der Waals surface area contributed by atoms with Crippen molar-refractivity contribution in [1.82, 2.24) is 0 Å². The first-order valence-corrected chi connectivity index (χ1v) is 8.04. The largest absolute Gasteiger partial charge is 0.289 e. The van der Waals surface area contributed by atoms with Crippen molar-refractivity contribution in [3.63, 3.8) is 0 Å². The summed E-state index contributed by atoms with van der Waals surface area (Å²) < 4.78 is -0.495. The van der Waals surface area contributed by atoms with Crippen molar-refractivity contribution >= 4 is 49.1 Å². The van der Waals surface area contributed by atoms with Crippen molar-refractivity contribution in [2.45, 2.75) is 3.74 Å². The summed E-state index contributed by atoms with van der Waals surface area (Å²) in [5.74, 6) is -0.875. The van der Waals surface area contributed by atoms with Crippen LogP contribution in [0.1, 0.15) is 41.1 Å². The van der Waals surface area contributed by atoms with Crippen LogP contribution in [0.4, 0.5) is 5.69 Å². The molecule has 0 amide bonds. The molecule has 1 aliphatic rings. The van der Waals surface area contributed by atoms with Crippen LogP contribution in [0, 0.1) is 10.1 Å². The molecule has 2 aromatic carbocycles. The molecule has 1 aliphatic carbocycles. The third kappa shape index (κ3) is 2.12. The van der Waals surface area contributed by atoms with E-state index < -0.39 is 14.4 Å². The number of nitro benzene ring substituents is 1. The Bertz CT molecular complexity index is 845. The molecule has 0 saturated heterocycles. The van der Waals surface area contributed by atoms with Gasteiger partial charge in [-0.1, -0.05) is 56.1 Å².